The van der Waals surface area contributed by atoms with Crippen LogP contribution in [-0.2, 0) is 0 Å². The molecule has 0 aliphatic carbocycles. The summed E-state index contributed by atoms with van der Waals surface area (Å²) in [5.41, 5.74) is 0. The van der Waals surface area contributed by atoms with Gasteiger partial charge in [0.15, 0.2) is 0 Å². The summed E-state index contributed by atoms with van der Waals surface area (Å²) in [6.45, 7) is 9.16. The second-order valence-electron chi connectivity index (χ2n) is 3.18. The number of hydrogen-bond donors (Lipinski definition) is 0. The molecule has 10 heavy (non-hydrogen) atoms. The van der Waals surface area contributed by atoms with Crippen LogP contribution in [0, 0.1) is 0 Å². The fourth-order valence-corrected chi connectivity index (χ4v) is 1.74. The van der Waals surface area contributed by atoms with Gasteiger partial charge in [-0.25, -0.2) is 0 Å². The summed E-state index contributed by atoms with van der Waals surface area (Å²) in [6.07, 6.45) is 2.57. The van der Waals surface area contributed by atoms with Crippen molar-refractivity contribution in [2.45, 2.75) is 52.6 Å². The van der Waals surface area contributed by atoms with E-state index in [2.05, 4.69) is 32.3 Å². The zero-order valence-corrected chi connectivity index (χ0v) is 10.0. The van der Waals surface area contributed by atoms with Gasteiger partial charge in [0.2, 0.25) is 0 Å². The van der Waals surface area contributed by atoms with E-state index in [0.717, 1.165) is 12.1 Å². The van der Waals surface area contributed by atoms with Crippen molar-refractivity contribution >= 4 is 10.4 Å². The molecule has 0 bridgehead atoms. The van der Waals surface area contributed by atoms with Crippen molar-refractivity contribution in [3.05, 3.63) is 0 Å². The molecule has 62 valence electrons. The Labute approximate surface area is 68.3 Å². The van der Waals surface area contributed by atoms with Gasteiger partial charge in [0.05, 0.1) is 10.4 Å². The van der Waals surface area contributed by atoms with E-state index in [9.17, 15) is 0 Å². The molecule has 0 saturated carbocycles. The molecule has 2 heteroatoms. The standard InChI is InChI=1S/C8H21NSi/c1-5-7(3)9(10)8(4)6-2/h7-8H,5-6H2,1-4,10H3/t7-,8+. The van der Waals surface area contributed by atoms with Crippen molar-refractivity contribution in [3.63, 3.8) is 0 Å². The summed E-state index contributed by atoms with van der Waals surface area (Å²) >= 11 is 0. The van der Waals surface area contributed by atoms with Crippen LogP contribution in [0.25, 0.3) is 0 Å². The highest BCUT2D eigenvalue weighted by Gasteiger charge is 2.10. The minimum Gasteiger partial charge on any atom is -0.327 e. The van der Waals surface area contributed by atoms with E-state index < -0.39 is 0 Å². The van der Waals surface area contributed by atoms with Crippen molar-refractivity contribution in [2.24, 2.45) is 0 Å². The Morgan fingerprint density at radius 2 is 1.40 bits per heavy atom. The predicted molar refractivity (Wildman–Crippen MR) is 51.3 cm³/mol. The van der Waals surface area contributed by atoms with Gasteiger partial charge in [-0.2, -0.15) is 0 Å². The van der Waals surface area contributed by atoms with Gasteiger partial charge in [0.25, 0.3) is 0 Å². The quantitative estimate of drug-likeness (QED) is 0.557. The Morgan fingerprint density at radius 1 is 1.10 bits per heavy atom. The lowest BCUT2D eigenvalue weighted by Crippen LogP contribution is -2.37. The lowest BCUT2D eigenvalue weighted by molar-refractivity contribution is 0.275. The topological polar surface area (TPSA) is 3.24 Å². The molecule has 0 aliphatic rings. The third kappa shape index (κ3) is 2.84. The molecule has 0 aromatic carbocycles. The SMILES string of the molecule is CC[C@@H](C)N([SiH3])[C@@H](C)CC. The van der Waals surface area contributed by atoms with Crippen LogP contribution in [-0.4, -0.2) is 27.1 Å². The highest BCUT2D eigenvalue weighted by Crippen LogP contribution is 2.06. The molecule has 0 spiro atoms. The van der Waals surface area contributed by atoms with E-state index in [1.165, 1.54) is 23.2 Å². The van der Waals surface area contributed by atoms with Crippen LogP contribution in [0.15, 0.2) is 0 Å². The van der Waals surface area contributed by atoms with Gasteiger partial charge in [0, 0.05) is 0 Å². The molecule has 0 fully saturated rings. The van der Waals surface area contributed by atoms with E-state index in [1.807, 2.05) is 0 Å². The van der Waals surface area contributed by atoms with Crippen LogP contribution in [0.5, 0.6) is 0 Å². The van der Waals surface area contributed by atoms with E-state index >= 15 is 0 Å². The van der Waals surface area contributed by atoms with Crippen LogP contribution in [0.1, 0.15) is 40.5 Å². The minimum atomic E-state index is 0.793. The Morgan fingerprint density at radius 3 is 1.60 bits per heavy atom. The molecule has 0 unspecified atom stereocenters. The van der Waals surface area contributed by atoms with E-state index in [4.69, 9.17) is 0 Å². The maximum absolute atomic E-state index is 2.58. The molecule has 0 N–H and O–H groups in total. The summed E-state index contributed by atoms with van der Waals surface area (Å²) in [7, 11) is 1.21. The van der Waals surface area contributed by atoms with Crippen LogP contribution in [0.2, 0.25) is 0 Å². The maximum atomic E-state index is 2.58. The Balaban J connectivity index is 3.69. The van der Waals surface area contributed by atoms with Gasteiger partial charge in [-0.1, -0.05) is 27.7 Å². The molecule has 0 rings (SSSR count). The van der Waals surface area contributed by atoms with E-state index in [1.54, 1.807) is 0 Å². The molecule has 0 aromatic rings. The average Bonchev–Trinajstić information content (AvgIpc) is 2.00. The second kappa shape index (κ2) is 4.91. The zero-order valence-electron chi connectivity index (χ0n) is 8.02. The fraction of sp³-hybridized carbons (Fsp3) is 1.00. The first kappa shape index (κ1) is 10.2. The number of hydrogen-bond acceptors (Lipinski definition) is 1. The van der Waals surface area contributed by atoms with Crippen molar-refractivity contribution in [3.8, 4) is 0 Å². The van der Waals surface area contributed by atoms with Crippen LogP contribution in [0.3, 0.4) is 0 Å². The van der Waals surface area contributed by atoms with Gasteiger partial charge < -0.3 is 4.57 Å². The summed E-state index contributed by atoms with van der Waals surface area (Å²) in [4.78, 5) is 0. The molecule has 0 aromatic heterocycles. The second-order valence-corrected chi connectivity index (χ2v) is 4.21. The van der Waals surface area contributed by atoms with E-state index in [-0.39, 0.29) is 0 Å². The Bertz CT molecular complexity index is 75.3. The van der Waals surface area contributed by atoms with Gasteiger partial charge in [-0.05, 0) is 24.9 Å². The molecule has 0 radical (unpaired) electrons. The summed E-state index contributed by atoms with van der Waals surface area (Å²) in [5.74, 6) is 0. The van der Waals surface area contributed by atoms with Crippen molar-refractivity contribution < 1.29 is 0 Å². The van der Waals surface area contributed by atoms with Crippen molar-refractivity contribution in [1.82, 2.24) is 4.57 Å². The largest absolute Gasteiger partial charge is 0.327 e. The van der Waals surface area contributed by atoms with Gasteiger partial charge in [0.1, 0.15) is 0 Å². The third-order valence-electron chi connectivity index (χ3n) is 2.57. The zero-order chi connectivity index (χ0) is 8.15. The first-order chi connectivity index (χ1) is 4.63. The van der Waals surface area contributed by atoms with Crippen LogP contribution >= 0.6 is 0 Å². The first-order valence-corrected chi connectivity index (χ1v) is 5.24. The fourth-order valence-electron chi connectivity index (χ4n) is 1.01. The Kier molecular flexibility index (Phi) is 5.00. The maximum Gasteiger partial charge on any atom is 0.0791 e. The lowest BCUT2D eigenvalue weighted by atomic mass is 10.2. The summed E-state index contributed by atoms with van der Waals surface area (Å²) < 4.78 is 2.58. The average molecular weight is 159 g/mol. The highest BCUT2D eigenvalue weighted by molar-refractivity contribution is 6.04. The van der Waals surface area contributed by atoms with Gasteiger partial charge in [-0.3, -0.25) is 0 Å². The molecule has 0 saturated heterocycles. The molecule has 0 amide bonds. The van der Waals surface area contributed by atoms with Crippen molar-refractivity contribution in [1.29, 1.82) is 0 Å². The molecular weight excluding hydrogens is 138 g/mol. The normalized spacial score (nSPS) is 17.7. The molecule has 0 aliphatic heterocycles. The van der Waals surface area contributed by atoms with Crippen molar-refractivity contribution in [2.75, 3.05) is 0 Å². The summed E-state index contributed by atoms with van der Waals surface area (Å²) in [6, 6.07) is 1.59. The minimum absolute atomic E-state index is 0.793. The molecule has 0 heterocycles. The predicted octanol–water partition coefficient (Wildman–Crippen LogP) is 1.17. The number of nitrogens with zero attached hydrogens (tertiary/aromatic N) is 1. The van der Waals surface area contributed by atoms with Crippen LogP contribution < -0.4 is 0 Å². The monoisotopic (exact) mass is 159 g/mol. The molecular formula is C8H21NSi. The van der Waals surface area contributed by atoms with E-state index in [0.29, 0.717) is 0 Å². The molecule has 2 atom stereocenters. The first-order valence-electron chi connectivity index (χ1n) is 4.35. The highest BCUT2D eigenvalue weighted by atomic mass is 28.2. The van der Waals surface area contributed by atoms with Crippen LogP contribution in [0.4, 0.5) is 0 Å². The lowest BCUT2D eigenvalue weighted by Gasteiger charge is -2.29. The van der Waals surface area contributed by atoms with Gasteiger partial charge >= 0.3 is 0 Å². The van der Waals surface area contributed by atoms with Gasteiger partial charge in [-0.15, -0.1) is 0 Å². The smallest absolute Gasteiger partial charge is 0.0791 e. The Hall–Kier alpha value is 0.177. The number of rotatable bonds is 4. The summed E-state index contributed by atoms with van der Waals surface area (Å²) in [5, 5.41) is 0. The third-order valence-corrected chi connectivity index (χ3v) is 4.34. The molecule has 1 nitrogen and oxygen atoms in total.